The van der Waals surface area contributed by atoms with Gasteiger partial charge in [-0.1, -0.05) is 25.6 Å². The monoisotopic (exact) mass is 459 g/mol. The van der Waals surface area contributed by atoms with E-state index in [0.29, 0.717) is 18.1 Å². The van der Waals surface area contributed by atoms with Crippen molar-refractivity contribution in [1.82, 2.24) is 9.29 Å². The van der Waals surface area contributed by atoms with E-state index in [-0.39, 0.29) is 27.8 Å². The van der Waals surface area contributed by atoms with Crippen LogP contribution in [0.1, 0.15) is 13.8 Å². The number of amides is 1. The van der Waals surface area contributed by atoms with Gasteiger partial charge in [-0.25, -0.2) is 13.4 Å². The van der Waals surface area contributed by atoms with Gasteiger partial charge in [-0.3, -0.25) is 4.79 Å². The molecule has 0 aliphatic carbocycles. The fourth-order valence-corrected chi connectivity index (χ4v) is 4.73. The molecule has 1 aliphatic rings. The molecule has 3 rings (SSSR count). The number of hydrogen-bond acceptors (Lipinski definition) is 7. The molecule has 1 aliphatic heterocycles. The van der Waals surface area contributed by atoms with Crippen molar-refractivity contribution < 1.29 is 31.5 Å². The number of nitrogens with zero attached hydrogens (tertiary/aromatic N) is 2. The lowest BCUT2D eigenvalue weighted by Crippen LogP contribution is -2.30. The predicted molar refractivity (Wildman–Crippen MR) is 106 cm³/mol. The van der Waals surface area contributed by atoms with E-state index in [9.17, 15) is 22.0 Å². The van der Waals surface area contributed by atoms with Crippen molar-refractivity contribution in [3.8, 4) is 11.5 Å². The molecule has 2 aromatic rings. The smallest absolute Gasteiger partial charge is 0.395 e. The van der Waals surface area contributed by atoms with E-state index < -0.39 is 22.2 Å². The summed E-state index contributed by atoms with van der Waals surface area (Å²) in [5.74, 6) is -0.694. The van der Waals surface area contributed by atoms with Gasteiger partial charge < -0.3 is 14.8 Å². The average molecular weight is 459 g/mol. The van der Waals surface area contributed by atoms with Crippen LogP contribution in [-0.4, -0.2) is 48.8 Å². The molecule has 1 aromatic heterocycles. The van der Waals surface area contributed by atoms with Crippen LogP contribution in [0.3, 0.4) is 0 Å². The second kappa shape index (κ2) is 8.74. The second-order valence-electron chi connectivity index (χ2n) is 6.09. The van der Waals surface area contributed by atoms with E-state index in [1.54, 1.807) is 13.8 Å². The zero-order chi connectivity index (χ0) is 21.9. The van der Waals surface area contributed by atoms with E-state index in [0.717, 1.165) is 11.8 Å². The molecule has 0 saturated heterocycles. The second-order valence-corrected chi connectivity index (χ2v) is 9.02. The molecule has 0 spiro atoms. The first-order chi connectivity index (χ1) is 14.1. The van der Waals surface area contributed by atoms with Gasteiger partial charge >= 0.3 is 6.29 Å². The Balaban J connectivity index is 1.57. The van der Waals surface area contributed by atoms with Crippen LogP contribution in [0.4, 0.5) is 14.5 Å². The van der Waals surface area contributed by atoms with Crippen molar-refractivity contribution in [2.75, 3.05) is 24.2 Å². The van der Waals surface area contributed by atoms with Gasteiger partial charge in [-0.05, 0) is 24.3 Å². The number of alkyl halides is 2. The number of rotatable bonds is 8. The maximum absolute atomic E-state index is 13.0. The average Bonchev–Trinajstić information content (AvgIpc) is 3.00. The number of aromatic nitrogens is 1. The fourth-order valence-electron chi connectivity index (χ4n) is 2.68. The summed E-state index contributed by atoms with van der Waals surface area (Å²) in [7, 11) is -3.60. The summed E-state index contributed by atoms with van der Waals surface area (Å²) in [5.41, 5.74) is 0.272. The number of hydrogen-bond donors (Lipinski definition) is 1. The summed E-state index contributed by atoms with van der Waals surface area (Å²) in [6.45, 7) is 4.21. The molecular weight excluding hydrogens is 440 g/mol. The number of anilines is 1. The highest BCUT2D eigenvalue weighted by molar-refractivity contribution is 7.99. The minimum Gasteiger partial charge on any atom is -0.395 e. The summed E-state index contributed by atoms with van der Waals surface area (Å²) in [4.78, 5) is 16.3. The van der Waals surface area contributed by atoms with Crippen LogP contribution in [0.15, 0.2) is 46.5 Å². The highest BCUT2D eigenvalue weighted by Crippen LogP contribution is 2.42. The first kappa shape index (κ1) is 22.2. The normalized spacial score (nSPS) is 14.7. The van der Waals surface area contributed by atoms with Crippen LogP contribution in [0.25, 0.3) is 0 Å². The Hall–Kier alpha value is -2.44. The Morgan fingerprint density at radius 2 is 1.87 bits per heavy atom. The third-order valence-corrected chi connectivity index (χ3v) is 7.07. The van der Waals surface area contributed by atoms with Crippen molar-refractivity contribution in [3.05, 3.63) is 36.5 Å². The highest BCUT2D eigenvalue weighted by atomic mass is 32.2. The molecular formula is C18H19F2N3O5S2. The van der Waals surface area contributed by atoms with E-state index in [1.165, 1.54) is 40.8 Å². The summed E-state index contributed by atoms with van der Waals surface area (Å²) in [6.07, 6.45) is -2.47. The fraction of sp³-hybridized carbons (Fsp3) is 0.333. The molecule has 0 unspecified atom stereocenters. The quantitative estimate of drug-likeness (QED) is 0.606. The molecule has 8 nitrogen and oxygen atoms in total. The lowest BCUT2D eigenvalue weighted by molar-refractivity contribution is -0.286. The Morgan fingerprint density at radius 3 is 2.50 bits per heavy atom. The van der Waals surface area contributed by atoms with Crippen LogP contribution in [0, 0.1) is 0 Å². The van der Waals surface area contributed by atoms with Crippen molar-refractivity contribution in [2.24, 2.45) is 0 Å². The number of ether oxygens (including phenoxy) is 2. The number of sulfonamides is 1. The van der Waals surface area contributed by atoms with E-state index in [4.69, 9.17) is 0 Å². The SMILES string of the molecule is CCN(CC)S(=O)(=O)c1ccc(SCC(=O)Nc2ccc3c(c2)OC(F)(F)O3)nc1. The number of fused-ring (bicyclic) bond motifs is 1. The summed E-state index contributed by atoms with van der Waals surface area (Å²) < 4.78 is 60.9. The van der Waals surface area contributed by atoms with Crippen molar-refractivity contribution in [2.45, 2.75) is 30.1 Å². The number of halogens is 2. The molecule has 12 heteroatoms. The Kier molecular flexibility index (Phi) is 6.48. The summed E-state index contributed by atoms with van der Waals surface area (Å²) in [5, 5.41) is 3.03. The zero-order valence-electron chi connectivity index (χ0n) is 16.1. The largest absolute Gasteiger partial charge is 0.586 e. The number of nitrogens with one attached hydrogen (secondary N) is 1. The molecule has 0 atom stereocenters. The Morgan fingerprint density at radius 1 is 1.17 bits per heavy atom. The van der Waals surface area contributed by atoms with Gasteiger partial charge in [0.15, 0.2) is 11.5 Å². The van der Waals surface area contributed by atoms with Crippen LogP contribution in [-0.2, 0) is 14.8 Å². The molecule has 30 heavy (non-hydrogen) atoms. The summed E-state index contributed by atoms with van der Waals surface area (Å²) in [6, 6.07) is 6.90. The van der Waals surface area contributed by atoms with Gasteiger partial charge in [0.25, 0.3) is 0 Å². The number of carbonyl (C=O) groups excluding carboxylic acids is 1. The zero-order valence-corrected chi connectivity index (χ0v) is 17.7. The van der Waals surface area contributed by atoms with Crippen LogP contribution >= 0.6 is 11.8 Å². The van der Waals surface area contributed by atoms with E-state index in [2.05, 4.69) is 19.8 Å². The van der Waals surface area contributed by atoms with E-state index >= 15 is 0 Å². The first-order valence-corrected chi connectivity index (χ1v) is 11.4. The van der Waals surface area contributed by atoms with Crippen molar-refractivity contribution >= 4 is 33.4 Å². The molecule has 0 radical (unpaired) electrons. The molecule has 162 valence electrons. The van der Waals surface area contributed by atoms with Crippen molar-refractivity contribution in [3.63, 3.8) is 0 Å². The maximum atomic E-state index is 13.0. The van der Waals surface area contributed by atoms with E-state index in [1.807, 2.05) is 0 Å². The van der Waals surface area contributed by atoms with Crippen molar-refractivity contribution in [1.29, 1.82) is 0 Å². The van der Waals surface area contributed by atoms with Gasteiger partial charge in [-0.2, -0.15) is 4.31 Å². The van der Waals surface area contributed by atoms with Gasteiger partial charge in [0.05, 0.1) is 10.8 Å². The number of carbonyl (C=O) groups is 1. The van der Waals surface area contributed by atoms with Crippen LogP contribution < -0.4 is 14.8 Å². The minimum absolute atomic E-state index is 0.0141. The molecule has 1 aromatic carbocycles. The molecule has 0 fully saturated rings. The lowest BCUT2D eigenvalue weighted by Gasteiger charge is -2.18. The lowest BCUT2D eigenvalue weighted by atomic mass is 10.3. The number of pyridine rings is 1. The predicted octanol–water partition coefficient (Wildman–Crippen LogP) is 3.16. The topological polar surface area (TPSA) is 97.8 Å². The van der Waals surface area contributed by atoms with Gasteiger partial charge in [0, 0.05) is 31.0 Å². The third-order valence-electron chi connectivity index (χ3n) is 4.09. The number of thioether (sulfide) groups is 1. The number of benzene rings is 1. The minimum atomic E-state index is -3.72. The molecule has 2 heterocycles. The van der Waals surface area contributed by atoms with Crippen LogP contribution in [0.2, 0.25) is 0 Å². The standard InChI is InChI=1S/C18H19F2N3O5S2/c1-3-23(4-2)30(25,26)13-6-8-17(21-10-13)29-11-16(24)22-12-5-7-14-15(9-12)28-18(19,20)27-14/h5-10H,3-4,11H2,1-2H3,(H,22,24). The molecule has 0 bridgehead atoms. The first-order valence-electron chi connectivity index (χ1n) is 8.93. The van der Waals surface area contributed by atoms with Gasteiger partial charge in [0.2, 0.25) is 15.9 Å². The van der Waals surface area contributed by atoms with Crippen LogP contribution in [0.5, 0.6) is 11.5 Å². The Labute approximate surface area is 176 Å². The molecule has 0 saturated carbocycles. The summed E-state index contributed by atoms with van der Waals surface area (Å²) >= 11 is 1.10. The third kappa shape index (κ3) is 4.99. The maximum Gasteiger partial charge on any atom is 0.586 e. The van der Waals surface area contributed by atoms with Gasteiger partial charge in [-0.15, -0.1) is 8.78 Å². The van der Waals surface area contributed by atoms with Gasteiger partial charge in [0.1, 0.15) is 4.90 Å². The highest BCUT2D eigenvalue weighted by Gasteiger charge is 2.43. The molecule has 1 N–H and O–H groups in total. The molecule has 1 amide bonds. The Bertz CT molecular complexity index is 1030.